The number of pyridine rings is 2. The van der Waals surface area contributed by atoms with E-state index in [1.54, 1.807) is 28.2 Å². The van der Waals surface area contributed by atoms with E-state index < -0.39 is 0 Å². The third kappa shape index (κ3) is 5.08. The molecule has 1 fully saturated rings. The predicted molar refractivity (Wildman–Crippen MR) is 163 cm³/mol. The highest BCUT2D eigenvalue weighted by Gasteiger charge is 2.21. The number of benzene rings is 2. The van der Waals surface area contributed by atoms with E-state index in [4.69, 9.17) is 11.3 Å². The lowest BCUT2D eigenvalue weighted by molar-refractivity contribution is 0.0687. The molecule has 42 heavy (non-hydrogen) atoms. The van der Waals surface area contributed by atoms with Gasteiger partial charge in [0.2, 0.25) is 5.69 Å². The van der Waals surface area contributed by atoms with Gasteiger partial charge in [-0.25, -0.2) is 9.83 Å². The van der Waals surface area contributed by atoms with Crippen molar-refractivity contribution in [1.29, 1.82) is 0 Å². The van der Waals surface area contributed by atoms with Crippen LogP contribution in [-0.2, 0) is 4.74 Å². The maximum Gasteiger partial charge on any atom is 0.263 e. The summed E-state index contributed by atoms with van der Waals surface area (Å²) in [5, 5.41) is 4.69. The second kappa shape index (κ2) is 11.4. The third-order valence-electron chi connectivity index (χ3n) is 7.73. The number of hydrogen-bond donors (Lipinski definition) is 1. The number of para-hydroxylation sites is 1. The highest BCUT2D eigenvalue weighted by atomic mass is 16.5. The van der Waals surface area contributed by atoms with Gasteiger partial charge in [0.25, 0.3) is 11.1 Å². The monoisotopic (exact) mass is 558 g/mol. The Morgan fingerprint density at radius 1 is 1.05 bits per heavy atom. The fourth-order valence-corrected chi connectivity index (χ4v) is 5.63. The van der Waals surface area contributed by atoms with Crippen molar-refractivity contribution in [2.75, 3.05) is 18.5 Å². The molecule has 9 heteroatoms. The molecule has 5 aromatic rings. The fraction of sp³-hybridized carbons (Fsp3) is 0.242. The van der Waals surface area contributed by atoms with Gasteiger partial charge >= 0.3 is 0 Å². The molecule has 4 heterocycles. The van der Waals surface area contributed by atoms with Gasteiger partial charge in [-0.3, -0.25) is 19.1 Å². The number of aryl methyl sites for hydroxylation is 1. The summed E-state index contributed by atoms with van der Waals surface area (Å²) in [7, 11) is 0. The molecule has 0 saturated carbocycles. The molecular weight excluding hydrogens is 528 g/mol. The lowest BCUT2D eigenvalue weighted by atomic mass is 9.98. The molecule has 0 amide bonds. The van der Waals surface area contributed by atoms with Crippen LogP contribution in [0.15, 0.2) is 88.7 Å². The van der Waals surface area contributed by atoms with Gasteiger partial charge < -0.3 is 14.6 Å². The first-order chi connectivity index (χ1) is 20.4. The Kier molecular flexibility index (Phi) is 7.38. The normalized spacial score (nSPS) is 14.4. The average Bonchev–Trinajstić information content (AvgIpc) is 3.02. The first-order valence-electron chi connectivity index (χ1n) is 14.0. The zero-order valence-electron chi connectivity index (χ0n) is 23.4. The van der Waals surface area contributed by atoms with Gasteiger partial charge in [0.05, 0.1) is 18.0 Å². The number of nitrogens with zero attached hydrogens (tertiary/aromatic N) is 5. The van der Waals surface area contributed by atoms with E-state index in [0.717, 1.165) is 40.7 Å². The summed E-state index contributed by atoms with van der Waals surface area (Å²) >= 11 is 0. The van der Waals surface area contributed by atoms with Crippen molar-refractivity contribution in [3.8, 4) is 16.8 Å². The van der Waals surface area contributed by atoms with E-state index in [1.165, 1.54) is 6.20 Å². The smallest absolute Gasteiger partial charge is 0.263 e. The number of aromatic nitrogens is 4. The fourth-order valence-electron chi connectivity index (χ4n) is 5.63. The molecule has 0 unspecified atom stereocenters. The number of hydrogen-bond acceptors (Lipinski definition) is 6. The summed E-state index contributed by atoms with van der Waals surface area (Å²) in [5.74, 6) is 0.962. The molecule has 0 radical (unpaired) electrons. The zero-order valence-corrected chi connectivity index (χ0v) is 23.4. The van der Waals surface area contributed by atoms with Crippen LogP contribution in [0, 0.1) is 13.5 Å². The summed E-state index contributed by atoms with van der Waals surface area (Å²) in [4.78, 5) is 39.5. The molecule has 2 aromatic carbocycles. The van der Waals surface area contributed by atoms with Crippen molar-refractivity contribution in [3.05, 3.63) is 123 Å². The number of fused-ring (bicyclic) bond motifs is 1. The van der Waals surface area contributed by atoms with Gasteiger partial charge in [0.1, 0.15) is 11.6 Å². The Morgan fingerprint density at radius 3 is 2.60 bits per heavy atom. The van der Waals surface area contributed by atoms with Gasteiger partial charge in [0, 0.05) is 49.1 Å². The van der Waals surface area contributed by atoms with Gasteiger partial charge in [0.15, 0.2) is 0 Å². The van der Waals surface area contributed by atoms with Crippen LogP contribution >= 0.6 is 0 Å². The minimum absolute atomic E-state index is 0.0615. The van der Waals surface area contributed by atoms with E-state index in [-0.39, 0.29) is 23.2 Å². The molecule has 3 aromatic heterocycles. The second-order valence-electron chi connectivity index (χ2n) is 10.5. The molecule has 1 aliphatic rings. The Morgan fingerprint density at radius 2 is 1.83 bits per heavy atom. The topological polar surface area (TPSA) is 95.4 Å². The van der Waals surface area contributed by atoms with Gasteiger partial charge in [-0.15, -0.1) is 0 Å². The van der Waals surface area contributed by atoms with Crippen molar-refractivity contribution in [3.63, 3.8) is 0 Å². The third-order valence-corrected chi connectivity index (χ3v) is 7.73. The quantitative estimate of drug-likeness (QED) is 0.257. The summed E-state index contributed by atoms with van der Waals surface area (Å²) in [6.45, 7) is 12.5. The summed E-state index contributed by atoms with van der Waals surface area (Å²) < 4.78 is 9.00. The first-order valence-corrected chi connectivity index (χ1v) is 14.0. The summed E-state index contributed by atoms with van der Waals surface area (Å²) in [5.41, 5.74) is 3.08. The molecular formula is C33H30N6O3. The molecule has 1 aliphatic heterocycles. The molecule has 0 aliphatic carbocycles. The molecule has 0 spiro atoms. The Labute approximate surface area is 242 Å². The van der Waals surface area contributed by atoms with E-state index in [9.17, 15) is 9.59 Å². The molecule has 1 N–H and O–H groups in total. The molecule has 0 bridgehead atoms. The van der Waals surface area contributed by atoms with E-state index in [0.29, 0.717) is 35.9 Å². The van der Waals surface area contributed by atoms with E-state index in [1.807, 2.05) is 67.7 Å². The Balaban J connectivity index is 1.53. The van der Waals surface area contributed by atoms with E-state index in [2.05, 4.69) is 20.1 Å². The first kappa shape index (κ1) is 27.1. The lowest BCUT2D eigenvalue weighted by Crippen LogP contribution is -2.28. The number of anilines is 1. The highest BCUT2D eigenvalue weighted by molar-refractivity contribution is 5.96. The molecule has 1 saturated heterocycles. The molecule has 210 valence electrons. The zero-order chi connectivity index (χ0) is 29.2. The summed E-state index contributed by atoms with van der Waals surface area (Å²) in [6.07, 6.45) is 4.92. The minimum Gasteiger partial charge on any atom is -0.381 e. The van der Waals surface area contributed by atoms with Crippen molar-refractivity contribution >= 4 is 22.3 Å². The van der Waals surface area contributed by atoms with Crippen LogP contribution in [0.25, 0.3) is 32.4 Å². The van der Waals surface area contributed by atoms with Gasteiger partial charge in [-0.2, -0.15) is 0 Å². The van der Waals surface area contributed by atoms with Crippen molar-refractivity contribution in [1.82, 2.24) is 19.1 Å². The van der Waals surface area contributed by atoms with Gasteiger partial charge in [-0.1, -0.05) is 36.4 Å². The second-order valence-corrected chi connectivity index (χ2v) is 10.5. The Bertz CT molecular complexity index is 1930. The van der Waals surface area contributed by atoms with Crippen LogP contribution in [0.1, 0.15) is 43.4 Å². The van der Waals surface area contributed by atoms with Crippen LogP contribution in [-0.4, -0.2) is 32.3 Å². The van der Waals surface area contributed by atoms with Crippen LogP contribution in [0.2, 0.25) is 0 Å². The van der Waals surface area contributed by atoms with Crippen molar-refractivity contribution < 1.29 is 4.74 Å². The van der Waals surface area contributed by atoms with Crippen LogP contribution in [0.4, 0.5) is 11.5 Å². The number of rotatable bonds is 6. The Hall–Kier alpha value is -5.07. The summed E-state index contributed by atoms with van der Waals surface area (Å²) in [6, 6.07) is 20.4. The minimum atomic E-state index is -0.379. The van der Waals surface area contributed by atoms with E-state index >= 15 is 0 Å². The highest BCUT2D eigenvalue weighted by Crippen LogP contribution is 2.32. The van der Waals surface area contributed by atoms with Crippen molar-refractivity contribution in [2.24, 2.45) is 0 Å². The molecule has 9 nitrogen and oxygen atoms in total. The van der Waals surface area contributed by atoms with Crippen molar-refractivity contribution in [2.45, 2.75) is 38.8 Å². The number of nitrogens with one attached hydrogen (secondary N) is 1. The lowest BCUT2D eigenvalue weighted by Gasteiger charge is -2.25. The van der Waals surface area contributed by atoms with Crippen LogP contribution in [0.5, 0.6) is 0 Å². The number of ether oxygens (including phenoxy) is 1. The largest absolute Gasteiger partial charge is 0.381 e. The maximum absolute atomic E-state index is 14.5. The standard InChI is InChI=1S/C33H30N6O3/c1-21(36-32-28(34-3)19-35-22(2)37-32)29-18-23-8-7-11-27(31(23)33(41)39(29)26-9-5-4-6-10-26)24-12-13-30(40)38(20-24)25-14-16-42-17-15-25/h4-13,18-21,25H,14-17H2,1-2H3,(H,35,36,37)/t21-/m0/s1. The predicted octanol–water partition coefficient (Wildman–Crippen LogP) is 5.99. The van der Waals surface area contributed by atoms with Gasteiger partial charge in [-0.05, 0) is 67.5 Å². The molecule has 6 rings (SSSR count). The maximum atomic E-state index is 14.5. The average molecular weight is 559 g/mol. The van der Waals surface area contributed by atoms with Crippen LogP contribution in [0.3, 0.4) is 0 Å². The SMILES string of the molecule is [C-]#[N+]c1cnc(C)nc1N[C@@H](C)c1cc2cccc(-c3ccc(=O)n(C4CCOCC4)c3)c2c(=O)n1-c1ccccc1. The van der Waals surface area contributed by atoms with Crippen LogP contribution < -0.4 is 16.4 Å². The molecule has 1 atom stereocenters.